The second-order valence-corrected chi connectivity index (χ2v) is 23.7. The molecule has 2 N–H and O–H groups in total. The van der Waals surface area contributed by atoms with Gasteiger partial charge >= 0.3 is 95.3 Å². The number of carbonyl (C=O) groups is 2. The highest BCUT2D eigenvalue weighted by molar-refractivity contribution is 6.05. The van der Waals surface area contributed by atoms with Gasteiger partial charge in [-0.25, -0.2) is 0 Å². The van der Waals surface area contributed by atoms with Gasteiger partial charge < -0.3 is 24.8 Å². The van der Waals surface area contributed by atoms with E-state index in [2.05, 4.69) is 10.6 Å². The maximum Gasteiger partial charge on any atom is 0.460 e. The smallest absolute Gasteiger partial charge is 0.460 e. The molecular weight excluding hydrogens is 1520 g/mol. The monoisotopic (exact) mass is 1590 g/mol. The molecule has 0 bridgehead atoms. The summed E-state index contributed by atoms with van der Waals surface area (Å²) in [5.74, 6) is -121. The van der Waals surface area contributed by atoms with Crippen LogP contribution >= 0.6 is 0 Å². The fourth-order valence-corrected chi connectivity index (χ4v) is 9.41. The van der Waals surface area contributed by atoms with E-state index in [1.807, 2.05) is 20.8 Å². The van der Waals surface area contributed by atoms with Gasteiger partial charge in [0.1, 0.15) is 5.69 Å². The van der Waals surface area contributed by atoms with Gasteiger partial charge in [0.05, 0.1) is 25.5 Å². The SMILES string of the molecule is CCCCCCCCOc1cc(N/C=C\C(=O)c2ccc(C(F)(F)C(F)(F)C(F)(F)C(F)(F)C(F)(F)C(F)(F)C(F)(F)C(F)(F)F)cc2)c(N/C=C\C(=O)c2ccc(C(F)(F)C(F)(F)C(F)(F)C(F)(F)C(F)(F)C(F)(F)C(F)(F)C(F)(F)F)cc2)c(OCCCCCCCC)c1OCCCCCCCC. The second kappa shape index (κ2) is 34.6. The molecule has 0 atom stereocenters. The zero-order chi connectivity index (χ0) is 80.9. The second-order valence-electron chi connectivity index (χ2n) is 23.7. The Bertz CT molecular complexity index is 3350. The van der Waals surface area contributed by atoms with Gasteiger partial charge in [-0.2, -0.15) is 149 Å². The average Bonchev–Trinajstić information content (AvgIpc) is 0.699. The first-order chi connectivity index (χ1) is 47.8. The molecule has 0 saturated heterocycles. The third kappa shape index (κ3) is 18.5. The summed E-state index contributed by atoms with van der Waals surface area (Å²) in [6, 6.07) is -0.478. The van der Waals surface area contributed by atoms with Gasteiger partial charge in [-0.3, -0.25) is 9.59 Å². The predicted molar refractivity (Wildman–Crippen MR) is 309 cm³/mol. The first kappa shape index (κ1) is 92.3. The number of rotatable bonds is 46. The van der Waals surface area contributed by atoms with E-state index in [0.29, 0.717) is 63.1 Å². The van der Waals surface area contributed by atoms with E-state index in [4.69, 9.17) is 14.2 Å². The largest absolute Gasteiger partial charge is 0.489 e. The Labute approximate surface area is 575 Å². The van der Waals surface area contributed by atoms with Crippen LogP contribution in [0.2, 0.25) is 0 Å². The molecular formula is C64H66F34N2O5. The van der Waals surface area contributed by atoms with E-state index in [1.54, 1.807) is 0 Å². The molecule has 0 radical (unpaired) electrons. The predicted octanol–water partition coefficient (Wildman–Crippen LogP) is 24.5. The molecule has 0 aliphatic rings. The van der Waals surface area contributed by atoms with Crippen LogP contribution in [0.5, 0.6) is 17.2 Å². The first-order valence-electron chi connectivity index (χ1n) is 31.5. The number of ketones is 2. The number of alkyl halides is 34. The molecule has 0 aliphatic heterocycles. The summed E-state index contributed by atoms with van der Waals surface area (Å²) in [7, 11) is 0. The van der Waals surface area contributed by atoms with Crippen LogP contribution in [0.25, 0.3) is 0 Å². The zero-order valence-corrected chi connectivity index (χ0v) is 54.7. The van der Waals surface area contributed by atoms with Crippen molar-refractivity contribution in [2.45, 2.75) is 232 Å². The topological polar surface area (TPSA) is 85.9 Å². The van der Waals surface area contributed by atoms with Crippen LogP contribution in [0, 0.1) is 0 Å². The van der Waals surface area contributed by atoms with Gasteiger partial charge in [0.25, 0.3) is 0 Å². The Morgan fingerprint density at radius 3 is 0.876 bits per heavy atom. The number of nitrogens with one attached hydrogen (secondary N) is 2. The van der Waals surface area contributed by atoms with E-state index in [0.717, 1.165) is 76.7 Å². The van der Waals surface area contributed by atoms with Crippen molar-refractivity contribution in [2.24, 2.45) is 0 Å². The molecule has 600 valence electrons. The number of anilines is 2. The molecule has 3 rings (SSSR count). The maximum absolute atomic E-state index is 15.2. The average molecular weight is 1590 g/mol. The number of carbonyl (C=O) groups excluding carboxylic acids is 2. The molecule has 0 spiro atoms. The summed E-state index contributed by atoms with van der Waals surface area (Å²) in [6.45, 7) is 5.50. The normalized spacial score (nSPS) is 14.4. The van der Waals surface area contributed by atoms with Crippen molar-refractivity contribution in [1.29, 1.82) is 0 Å². The summed E-state index contributed by atoms with van der Waals surface area (Å²) < 4.78 is 496. The number of benzene rings is 3. The van der Waals surface area contributed by atoms with Crippen LogP contribution in [0.4, 0.5) is 161 Å². The van der Waals surface area contributed by atoms with E-state index >= 15 is 17.6 Å². The van der Waals surface area contributed by atoms with Gasteiger partial charge in [0.2, 0.25) is 5.75 Å². The van der Waals surface area contributed by atoms with E-state index < -0.39 is 153 Å². The molecule has 7 nitrogen and oxygen atoms in total. The standard InChI is InChI=1S/C64H66F34N2O5/c1-4-7-10-13-16-19-34-103-45-37-42(99-32-30-43(101)38-22-26-40(27-23-38)49(65,66)51(69,70)53(73,74)55(77,78)57(81,82)59(85,86)61(89,90)63(93,94)95)46(48(105-36-21-18-15-12-9-6-3)47(45)104-35-20-17-14-11-8-5-2)100-33-31-44(102)39-24-28-41(29-25-39)50(67,68)52(71,72)54(75,76)56(79,80)58(83,84)60(87,88)62(91,92)64(96,97)98/h22-33,37,99-100H,4-21,34-36H2,1-3H3/b32-30-,33-31-. The van der Waals surface area contributed by atoms with Crippen molar-refractivity contribution >= 4 is 22.9 Å². The minimum absolute atomic E-state index is 0.0364. The third-order valence-corrected chi connectivity index (χ3v) is 15.9. The molecule has 105 heavy (non-hydrogen) atoms. The Hall–Kier alpha value is -6.90. The summed E-state index contributed by atoms with van der Waals surface area (Å²) in [4.78, 5) is 26.9. The minimum Gasteiger partial charge on any atom is -0.489 e. The van der Waals surface area contributed by atoms with E-state index in [-0.39, 0.29) is 79.1 Å². The molecule has 0 amide bonds. The number of ether oxygens (including phenoxy) is 3. The lowest BCUT2D eigenvalue weighted by Gasteiger charge is -2.42. The van der Waals surface area contributed by atoms with Gasteiger partial charge in [0, 0.05) is 52.9 Å². The van der Waals surface area contributed by atoms with Crippen molar-refractivity contribution < 1.29 is 173 Å². The van der Waals surface area contributed by atoms with E-state index in [9.17, 15) is 141 Å². The molecule has 0 saturated carbocycles. The minimum atomic E-state index is -8.91. The number of allylic oxidation sites excluding steroid dienone is 2. The lowest BCUT2D eigenvalue weighted by Crippen LogP contribution is -2.74. The fourth-order valence-electron chi connectivity index (χ4n) is 9.41. The summed E-state index contributed by atoms with van der Waals surface area (Å²) >= 11 is 0. The number of hydrogen-bond donors (Lipinski definition) is 2. The molecule has 41 heteroatoms. The number of hydrogen-bond acceptors (Lipinski definition) is 7. The van der Waals surface area contributed by atoms with E-state index in [1.165, 1.54) is 0 Å². The molecule has 3 aromatic rings. The molecule has 0 heterocycles. The summed E-state index contributed by atoms with van der Waals surface area (Å²) in [5.41, 5.74) is -7.92. The lowest BCUT2D eigenvalue weighted by atomic mass is 9.87. The van der Waals surface area contributed by atoms with Crippen molar-refractivity contribution in [1.82, 2.24) is 0 Å². The van der Waals surface area contributed by atoms with Crippen LogP contribution in [-0.2, 0) is 11.8 Å². The molecule has 0 unspecified atom stereocenters. The highest BCUT2D eigenvalue weighted by Gasteiger charge is 2.97. The van der Waals surface area contributed by atoms with Crippen LogP contribution in [0.3, 0.4) is 0 Å². The van der Waals surface area contributed by atoms with Crippen LogP contribution in [0.1, 0.15) is 168 Å². The van der Waals surface area contributed by atoms with Gasteiger partial charge in [-0.1, -0.05) is 166 Å². The lowest BCUT2D eigenvalue weighted by molar-refractivity contribution is -0.462. The van der Waals surface area contributed by atoms with Crippen molar-refractivity contribution in [3.63, 3.8) is 0 Å². The number of halogens is 34. The van der Waals surface area contributed by atoms with Crippen molar-refractivity contribution in [3.05, 3.63) is 101 Å². The number of unbranched alkanes of at least 4 members (excludes halogenated alkanes) is 15. The van der Waals surface area contributed by atoms with Gasteiger partial charge in [-0.05, 0) is 19.3 Å². The maximum atomic E-state index is 15.2. The highest BCUT2D eigenvalue weighted by atomic mass is 19.4. The first-order valence-corrected chi connectivity index (χ1v) is 31.5. The zero-order valence-electron chi connectivity index (χ0n) is 54.7. The van der Waals surface area contributed by atoms with Gasteiger partial charge in [-0.15, -0.1) is 0 Å². The quantitative estimate of drug-likeness (QED) is 0.0252. The van der Waals surface area contributed by atoms with Crippen molar-refractivity contribution in [3.8, 4) is 17.2 Å². The Kier molecular flexibility index (Phi) is 30.4. The Morgan fingerprint density at radius 2 is 0.571 bits per heavy atom. The Balaban J connectivity index is 2.25. The van der Waals surface area contributed by atoms with Crippen LogP contribution in [0.15, 0.2) is 79.1 Å². The summed E-state index contributed by atoms with van der Waals surface area (Å²) in [5, 5.41) is 5.14. The molecule has 0 aliphatic carbocycles. The Morgan fingerprint density at radius 1 is 0.314 bits per heavy atom. The fraction of sp³-hybridized carbons (Fsp3) is 0.625. The molecule has 3 aromatic carbocycles. The van der Waals surface area contributed by atoms with Crippen LogP contribution < -0.4 is 24.8 Å². The molecule has 0 aromatic heterocycles. The van der Waals surface area contributed by atoms with Gasteiger partial charge in [0.15, 0.2) is 23.1 Å². The van der Waals surface area contributed by atoms with Crippen LogP contribution in [-0.4, -0.2) is 115 Å². The summed E-state index contributed by atoms with van der Waals surface area (Å²) in [6.07, 6.45) is -1.24. The molecule has 0 fully saturated rings. The van der Waals surface area contributed by atoms with Crippen molar-refractivity contribution in [2.75, 3.05) is 30.5 Å². The highest BCUT2D eigenvalue weighted by Crippen LogP contribution is 2.67. The third-order valence-electron chi connectivity index (χ3n) is 15.9.